The number of hydrogen-bond acceptors (Lipinski definition) is 8. The molecule has 1 atom stereocenters. The van der Waals surface area contributed by atoms with Crippen molar-refractivity contribution < 1.29 is 19.4 Å². The van der Waals surface area contributed by atoms with Crippen LogP contribution in [-0.4, -0.2) is 37.7 Å². The lowest BCUT2D eigenvalue weighted by Gasteiger charge is -2.30. The predicted molar refractivity (Wildman–Crippen MR) is 139 cm³/mol. The van der Waals surface area contributed by atoms with E-state index in [1.807, 2.05) is 50.2 Å². The van der Waals surface area contributed by atoms with Gasteiger partial charge in [-0.1, -0.05) is 30.3 Å². The van der Waals surface area contributed by atoms with Crippen molar-refractivity contribution in [2.45, 2.75) is 57.3 Å². The zero-order chi connectivity index (χ0) is 25.8. The Hall–Kier alpha value is -4.04. The van der Waals surface area contributed by atoms with Crippen molar-refractivity contribution in [3.8, 4) is 5.88 Å². The van der Waals surface area contributed by atoms with Crippen molar-refractivity contribution in [2.24, 2.45) is 0 Å². The van der Waals surface area contributed by atoms with Crippen molar-refractivity contribution in [3.05, 3.63) is 83.3 Å². The van der Waals surface area contributed by atoms with Crippen molar-refractivity contribution in [1.29, 1.82) is 0 Å². The maximum absolute atomic E-state index is 12.3. The van der Waals surface area contributed by atoms with Crippen molar-refractivity contribution in [2.75, 3.05) is 5.32 Å². The quantitative estimate of drug-likeness (QED) is 0.357. The number of carbonyl (C=O) groups excluding carboxylic acids is 1. The van der Waals surface area contributed by atoms with Crippen LogP contribution in [0.2, 0.25) is 0 Å². The molecule has 1 aromatic carbocycles. The molecule has 0 bridgehead atoms. The van der Waals surface area contributed by atoms with Crippen LogP contribution in [0.25, 0.3) is 10.8 Å². The van der Waals surface area contributed by atoms with E-state index < -0.39 is 11.2 Å². The van der Waals surface area contributed by atoms with Crippen LogP contribution in [0.4, 0.5) is 11.6 Å². The van der Waals surface area contributed by atoms with Crippen LogP contribution in [0.1, 0.15) is 60.8 Å². The molecule has 1 fully saturated rings. The number of pyridine rings is 3. The zero-order valence-electron chi connectivity index (χ0n) is 21.0. The number of anilines is 2. The molecule has 4 aromatic rings. The summed E-state index contributed by atoms with van der Waals surface area (Å²) < 4.78 is 11.5. The Labute approximate surface area is 214 Å². The number of benzene rings is 1. The Morgan fingerprint density at radius 3 is 2.59 bits per heavy atom. The van der Waals surface area contributed by atoms with Crippen LogP contribution in [0.3, 0.4) is 0 Å². The van der Waals surface area contributed by atoms with E-state index in [0.29, 0.717) is 40.8 Å². The molecule has 0 amide bonds. The van der Waals surface area contributed by atoms with Crippen LogP contribution in [0, 0.1) is 0 Å². The van der Waals surface area contributed by atoms with Gasteiger partial charge in [-0.05, 0) is 57.4 Å². The van der Waals surface area contributed by atoms with Crippen LogP contribution in [-0.2, 0) is 16.8 Å². The fraction of sp³-hybridized carbons (Fsp3) is 0.310. The van der Waals surface area contributed by atoms with E-state index in [1.54, 1.807) is 31.5 Å². The molecular formula is C29H28N4O4. The standard InChI is InChI=1S/C29H28N4O4/c1-28(2)14-23-19(27(34)37-28)11-12-24(32-23)33-25-13-20-21(15-30-25)26(36-18-9-10-18)31-16-22(20)29(3,35)17-7-5-4-6-8-17/h4-8,11-13,15-16,18,35H,9-10,14H2,1-3H3,(H,30,32,33). The first kappa shape index (κ1) is 23.4. The Morgan fingerprint density at radius 2 is 1.84 bits per heavy atom. The molecule has 8 heteroatoms. The summed E-state index contributed by atoms with van der Waals surface area (Å²) in [5.41, 5.74) is 0.657. The second-order valence-corrected chi connectivity index (χ2v) is 10.5. The van der Waals surface area contributed by atoms with E-state index in [4.69, 9.17) is 9.47 Å². The number of hydrogen-bond donors (Lipinski definition) is 2. The van der Waals surface area contributed by atoms with Gasteiger partial charge in [-0.25, -0.2) is 19.7 Å². The molecule has 8 nitrogen and oxygen atoms in total. The smallest absolute Gasteiger partial charge is 0.340 e. The largest absolute Gasteiger partial charge is 0.474 e. The lowest BCUT2D eigenvalue weighted by molar-refractivity contribution is -0.00714. The van der Waals surface area contributed by atoms with Gasteiger partial charge in [0.25, 0.3) is 0 Å². The molecule has 6 rings (SSSR count). The maximum atomic E-state index is 12.3. The summed E-state index contributed by atoms with van der Waals surface area (Å²) in [4.78, 5) is 26.2. The van der Waals surface area contributed by atoms with E-state index in [0.717, 1.165) is 29.2 Å². The van der Waals surface area contributed by atoms with E-state index in [2.05, 4.69) is 20.3 Å². The third kappa shape index (κ3) is 4.49. The molecule has 1 aliphatic carbocycles. The number of aromatic nitrogens is 3. The minimum Gasteiger partial charge on any atom is -0.474 e. The molecule has 0 radical (unpaired) electrons. The van der Waals surface area contributed by atoms with Gasteiger partial charge in [0.15, 0.2) is 0 Å². The van der Waals surface area contributed by atoms with Gasteiger partial charge in [-0.2, -0.15) is 0 Å². The highest BCUT2D eigenvalue weighted by molar-refractivity contribution is 5.93. The molecule has 3 aromatic heterocycles. The number of aliphatic hydroxyl groups is 1. The Balaban J connectivity index is 1.41. The molecule has 37 heavy (non-hydrogen) atoms. The molecule has 0 saturated heterocycles. The molecule has 2 N–H and O–H groups in total. The molecule has 4 heterocycles. The Morgan fingerprint density at radius 1 is 1.05 bits per heavy atom. The van der Waals surface area contributed by atoms with Crippen molar-refractivity contribution in [3.63, 3.8) is 0 Å². The summed E-state index contributed by atoms with van der Waals surface area (Å²) >= 11 is 0. The molecule has 2 aliphatic rings. The summed E-state index contributed by atoms with van der Waals surface area (Å²) in [6.45, 7) is 5.51. The minimum atomic E-state index is -1.29. The first-order valence-electron chi connectivity index (χ1n) is 12.4. The molecule has 1 aliphatic heterocycles. The van der Waals surface area contributed by atoms with Gasteiger partial charge in [-0.15, -0.1) is 0 Å². The number of fused-ring (bicyclic) bond motifs is 2. The van der Waals surface area contributed by atoms with Crippen LogP contribution >= 0.6 is 0 Å². The number of esters is 1. The van der Waals surface area contributed by atoms with Gasteiger partial charge < -0.3 is 19.9 Å². The van der Waals surface area contributed by atoms with Crippen molar-refractivity contribution >= 4 is 28.4 Å². The first-order chi connectivity index (χ1) is 17.7. The fourth-order valence-corrected chi connectivity index (χ4v) is 4.69. The predicted octanol–water partition coefficient (Wildman–Crippen LogP) is 5.06. The summed E-state index contributed by atoms with van der Waals surface area (Å²) in [5, 5.41) is 16.4. The van der Waals surface area contributed by atoms with Gasteiger partial charge >= 0.3 is 5.97 Å². The van der Waals surface area contributed by atoms with Gasteiger partial charge in [0.05, 0.1) is 16.6 Å². The number of carbonyl (C=O) groups is 1. The highest BCUT2D eigenvalue weighted by atomic mass is 16.6. The third-order valence-corrected chi connectivity index (χ3v) is 6.81. The van der Waals surface area contributed by atoms with Crippen LogP contribution in [0.5, 0.6) is 5.88 Å². The summed E-state index contributed by atoms with van der Waals surface area (Å²) in [6, 6.07) is 14.8. The number of cyclic esters (lactones) is 1. The van der Waals surface area contributed by atoms with E-state index in [9.17, 15) is 9.90 Å². The van der Waals surface area contributed by atoms with Crippen molar-refractivity contribution in [1.82, 2.24) is 15.0 Å². The lowest BCUT2D eigenvalue weighted by Crippen LogP contribution is -2.36. The topological polar surface area (TPSA) is 106 Å². The van der Waals surface area contributed by atoms with Gasteiger partial charge in [0, 0.05) is 29.8 Å². The first-order valence-corrected chi connectivity index (χ1v) is 12.4. The summed E-state index contributed by atoms with van der Waals surface area (Å²) in [6.07, 6.45) is 6.10. The summed E-state index contributed by atoms with van der Waals surface area (Å²) in [7, 11) is 0. The third-order valence-electron chi connectivity index (χ3n) is 6.81. The SMILES string of the molecule is CC1(C)Cc2nc(Nc3cc4c(C(C)(O)c5ccccc5)cnc(OC5CC5)c4cn3)ccc2C(=O)O1. The highest BCUT2D eigenvalue weighted by Crippen LogP contribution is 2.39. The van der Waals surface area contributed by atoms with E-state index >= 15 is 0 Å². The Bertz CT molecular complexity index is 1510. The second kappa shape index (κ2) is 8.52. The van der Waals surface area contributed by atoms with E-state index in [1.165, 1.54) is 0 Å². The fourth-order valence-electron chi connectivity index (χ4n) is 4.69. The lowest BCUT2D eigenvalue weighted by atomic mass is 9.86. The molecule has 188 valence electrons. The molecular weight excluding hydrogens is 468 g/mol. The maximum Gasteiger partial charge on any atom is 0.340 e. The number of nitrogens with one attached hydrogen (secondary N) is 1. The molecule has 1 unspecified atom stereocenters. The number of nitrogens with zero attached hydrogens (tertiary/aromatic N) is 3. The van der Waals surface area contributed by atoms with Gasteiger partial charge in [0.1, 0.15) is 28.9 Å². The summed E-state index contributed by atoms with van der Waals surface area (Å²) in [5.74, 6) is 1.26. The van der Waals surface area contributed by atoms with Crippen LogP contribution in [0.15, 0.2) is 60.9 Å². The minimum absolute atomic E-state index is 0.171. The Kier molecular flexibility index (Phi) is 5.38. The normalized spacial score (nSPS) is 18.0. The van der Waals surface area contributed by atoms with Gasteiger partial charge in [-0.3, -0.25) is 0 Å². The van der Waals surface area contributed by atoms with Crippen LogP contribution < -0.4 is 10.1 Å². The molecule has 1 saturated carbocycles. The monoisotopic (exact) mass is 496 g/mol. The number of rotatable bonds is 6. The average Bonchev–Trinajstić information content (AvgIpc) is 3.68. The highest BCUT2D eigenvalue weighted by Gasteiger charge is 2.34. The van der Waals surface area contributed by atoms with Gasteiger partial charge in [0.2, 0.25) is 5.88 Å². The molecule has 0 spiro atoms. The second-order valence-electron chi connectivity index (χ2n) is 10.5. The number of ether oxygens (including phenoxy) is 2. The van der Waals surface area contributed by atoms with E-state index in [-0.39, 0.29) is 12.1 Å². The zero-order valence-corrected chi connectivity index (χ0v) is 21.0. The average molecular weight is 497 g/mol.